The summed E-state index contributed by atoms with van der Waals surface area (Å²) in [6.45, 7) is 6.09. The van der Waals surface area contributed by atoms with E-state index in [9.17, 15) is 4.79 Å². The van der Waals surface area contributed by atoms with Crippen molar-refractivity contribution in [3.63, 3.8) is 0 Å². The van der Waals surface area contributed by atoms with Crippen LogP contribution in [0.3, 0.4) is 0 Å². The van der Waals surface area contributed by atoms with Crippen LogP contribution in [0.2, 0.25) is 0 Å². The lowest BCUT2D eigenvalue weighted by atomic mass is 9.96. The van der Waals surface area contributed by atoms with E-state index in [-0.39, 0.29) is 12.1 Å². The van der Waals surface area contributed by atoms with Crippen LogP contribution < -0.4 is 10.6 Å². The van der Waals surface area contributed by atoms with Crippen molar-refractivity contribution in [2.75, 3.05) is 19.7 Å². The van der Waals surface area contributed by atoms with Gasteiger partial charge in [-0.2, -0.15) is 0 Å². The first-order valence-electron chi connectivity index (χ1n) is 10.9. The number of hydrogen-bond donors (Lipinski definition) is 2. The number of nitrogens with one attached hydrogen (secondary N) is 2. The molecule has 3 rings (SSSR count). The maximum absolute atomic E-state index is 11.9. The number of hydrogen-bond acceptors (Lipinski definition) is 5. The Hall–Kier alpha value is -2.32. The second-order valence-corrected chi connectivity index (χ2v) is 7.97. The second-order valence-electron chi connectivity index (χ2n) is 7.97. The number of nitrogens with zero attached hydrogens (tertiary/aromatic N) is 5. The number of ether oxygens (including phenoxy) is 1. The van der Waals surface area contributed by atoms with Crippen LogP contribution in [0, 0.1) is 6.92 Å². The Labute approximate surface area is 173 Å². The first kappa shape index (κ1) is 21.4. The number of amides is 1. The minimum absolute atomic E-state index is 0.210. The fourth-order valence-corrected chi connectivity index (χ4v) is 3.93. The Morgan fingerprint density at radius 1 is 1.10 bits per heavy atom. The number of aromatic nitrogens is 3. The van der Waals surface area contributed by atoms with E-state index in [2.05, 4.69) is 20.8 Å². The summed E-state index contributed by atoms with van der Waals surface area (Å²) in [6.07, 6.45) is 7.79. The lowest BCUT2D eigenvalue weighted by Gasteiger charge is -2.33. The monoisotopic (exact) mass is 405 g/mol. The minimum Gasteiger partial charge on any atom is -0.450 e. The predicted octanol–water partition coefficient (Wildman–Crippen LogP) is 2.11. The number of aliphatic imine (C=N–C) groups is 1. The highest BCUT2D eigenvalue weighted by atomic mass is 16.6. The molecule has 9 nitrogen and oxygen atoms in total. The summed E-state index contributed by atoms with van der Waals surface area (Å²) in [4.78, 5) is 18.5. The van der Waals surface area contributed by atoms with Crippen LogP contribution in [-0.4, -0.2) is 63.5 Å². The van der Waals surface area contributed by atoms with Crippen LogP contribution in [0.4, 0.5) is 4.79 Å². The van der Waals surface area contributed by atoms with Gasteiger partial charge in [0.1, 0.15) is 12.4 Å². The van der Waals surface area contributed by atoms with Crippen LogP contribution in [0.5, 0.6) is 0 Å². The molecule has 1 saturated carbocycles. The summed E-state index contributed by atoms with van der Waals surface area (Å²) in [5.74, 6) is 2.58. The normalized spacial score (nSPS) is 19.3. The molecular weight excluding hydrogens is 370 g/mol. The van der Waals surface area contributed by atoms with Gasteiger partial charge in [-0.3, -0.25) is 0 Å². The van der Waals surface area contributed by atoms with Crippen molar-refractivity contribution in [1.82, 2.24) is 30.3 Å². The van der Waals surface area contributed by atoms with E-state index in [1.165, 1.54) is 32.1 Å². The number of rotatable bonds is 5. The van der Waals surface area contributed by atoms with Crippen LogP contribution in [-0.2, 0) is 18.3 Å². The summed E-state index contributed by atoms with van der Waals surface area (Å²) >= 11 is 0. The molecule has 2 fully saturated rings. The molecule has 1 aromatic heterocycles. The molecule has 9 heteroatoms. The van der Waals surface area contributed by atoms with Gasteiger partial charge in [0.2, 0.25) is 0 Å². The number of carbonyl (C=O) groups excluding carboxylic acids is 1. The van der Waals surface area contributed by atoms with Gasteiger partial charge in [0, 0.05) is 32.2 Å². The van der Waals surface area contributed by atoms with E-state index in [1.54, 1.807) is 4.90 Å². The molecule has 1 amide bonds. The van der Waals surface area contributed by atoms with Gasteiger partial charge in [0.15, 0.2) is 11.8 Å². The van der Waals surface area contributed by atoms with Crippen molar-refractivity contribution >= 4 is 12.1 Å². The highest BCUT2D eigenvalue weighted by molar-refractivity contribution is 5.80. The van der Waals surface area contributed by atoms with E-state index in [4.69, 9.17) is 9.73 Å². The van der Waals surface area contributed by atoms with Crippen LogP contribution >= 0.6 is 0 Å². The van der Waals surface area contributed by atoms with Gasteiger partial charge in [0.05, 0.1) is 6.61 Å². The lowest BCUT2D eigenvalue weighted by Crippen LogP contribution is -2.52. The molecule has 0 atom stereocenters. The first-order chi connectivity index (χ1) is 14.1. The van der Waals surface area contributed by atoms with Crippen molar-refractivity contribution in [2.45, 2.75) is 77.4 Å². The van der Waals surface area contributed by atoms with Crippen LogP contribution in [0.25, 0.3) is 0 Å². The molecule has 162 valence electrons. The Kier molecular flexibility index (Phi) is 7.71. The zero-order valence-corrected chi connectivity index (χ0v) is 18.0. The van der Waals surface area contributed by atoms with Crippen molar-refractivity contribution in [3.05, 3.63) is 11.6 Å². The highest BCUT2D eigenvalue weighted by Crippen LogP contribution is 2.18. The molecular formula is C20H35N7O2. The number of carbonyl (C=O) groups is 1. The lowest BCUT2D eigenvalue weighted by molar-refractivity contribution is 0.0963. The summed E-state index contributed by atoms with van der Waals surface area (Å²) in [5.41, 5.74) is 0. The van der Waals surface area contributed by atoms with Gasteiger partial charge < -0.3 is 24.8 Å². The molecule has 1 aromatic rings. The molecule has 1 saturated heterocycles. The Morgan fingerprint density at radius 3 is 2.34 bits per heavy atom. The van der Waals surface area contributed by atoms with Crippen molar-refractivity contribution in [3.8, 4) is 0 Å². The maximum atomic E-state index is 11.9. The van der Waals surface area contributed by atoms with Crippen LogP contribution in [0.15, 0.2) is 4.99 Å². The average Bonchev–Trinajstić information content (AvgIpc) is 3.05. The van der Waals surface area contributed by atoms with Crippen molar-refractivity contribution in [2.24, 2.45) is 12.0 Å². The van der Waals surface area contributed by atoms with Crippen molar-refractivity contribution < 1.29 is 9.53 Å². The largest absolute Gasteiger partial charge is 0.450 e. The smallest absolute Gasteiger partial charge is 0.409 e. The molecule has 1 aliphatic heterocycles. The standard InChI is InChI=1S/C20H35N7O2/c1-4-29-20(28)27-12-10-17(11-13-27)23-19(22-16-8-6-5-7-9-16)21-14-18-25-24-15(2)26(18)3/h16-17H,4-14H2,1-3H3,(H2,21,22,23). The summed E-state index contributed by atoms with van der Waals surface area (Å²) in [6, 6.07) is 0.757. The second kappa shape index (κ2) is 10.5. The number of aryl methyl sites for hydroxylation is 1. The Bertz CT molecular complexity index is 689. The Balaban J connectivity index is 1.59. The fourth-order valence-electron chi connectivity index (χ4n) is 3.93. The number of piperidine rings is 1. The molecule has 2 aliphatic rings. The first-order valence-corrected chi connectivity index (χ1v) is 10.9. The average molecular weight is 406 g/mol. The molecule has 0 spiro atoms. The molecule has 2 N–H and O–H groups in total. The van der Waals surface area contributed by atoms with E-state index in [0.717, 1.165) is 30.5 Å². The third-order valence-corrected chi connectivity index (χ3v) is 5.87. The summed E-state index contributed by atoms with van der Waals surface area (Å²) in [5, 5.41) is 15.6. The van der Waals surface area contributed by atoms with Crippen molar-refractivity contribution in [1.29, 1.82) is 0 Å². The molecule has 1 aliphatic carbocycles. The van der Waals surface area contributed by atoms with Gasteiger partial charge in [-0.15, -0.1) is 10.2 Å². The van der Waals surface area contributed by atoms with Gasteiger partial charge in [-0.1, -0.05) is 19.3 Å². The number of likely N-dealkylation sites (tertiary alicyclic amines) is 1. The van der Waals surface area contributed by atoms with Gasteiger partial charge in [0.25, 0.3) is 0 Å². The predicted molar refractivity (Wildman–Crippen MR) is 112 cm³/mol. The quantitative estimate of drug-likeness (QED) is 0.575. The van der Waals surface area contributed by atoms with E-state index in [0.29, 0.717) is 32.3 Å². The van der Waals surface area contributed by atoms with Gasteiger partial charge in [-0.25, -0.2) is 9.79 Å². The zero-order chi connectivity index (χ0) is 20.6. The Morgan fingerprint density at radius 2 is 1.76 bits per heavy atom. The van der Waals surface area contributed by atoms with Crippen LogP contribution in [0.1, 0.15) is 63.5 Å². The molecule has 0 unspecified atom stereocenters. The molecule has 0 radical (unpaired) electrons. The minimum atomic E-state index is -0.210. The maximum Gasteiger partial charge on any atom is 0.409 e. The zero-order valence-electron chi connectivity index (χ0n) is 18.0. The molecule has 0 aromatic carbocycles. The van der Waals surface area contributed by atoms with Gasteiger partial charge >= 0.3 is 6.09 Å². The SMILES string of the molecule is CCOC(=O)N1CCC(NC(=NCc2nnc(C)n2C)NC2CCCCC2)CC1. The summed E-state index contributed by atoms with van der Waals surface area (Å²) in [7, 11) is 1.97. The topological polar surface area (TPSA) is 96.7 Å². The molecule has 29 heavy (non-hydrogen) atoms. The van der Waals surface area contributed by atoms with E-state index in [1.807, 2.05) is 25.5 Å². The fraction of sp³-hybridized carbons (Fsp3) is 0.800. The third-order valence-electron chi connectivity index (χ3n) is 5.87. The van der Waals surface area contributed by atoms with E-state index < -0.39 is 0 Å². The van der Waals surface area contributed by atoms with Gasteiger partial charge in [-0.05, 0) is 39.5 Å². The van der Waals surface area contributed by atoms with E-state index >= 15 is 0 Å². The molecule has 2 heterocycles. The highest BCUT2D eigenvalue weighted by Gasteiger charge is 2.25. The number of guanidine groups is 1. The third kappa shape index (κ3) is 6.08. The molecule has 0 bridgehead atoms. The summed E-state index contributed by atoms with van der Waals surface area (Å²) < 4.78 is 7.09.